The van der Waals surface area contributed by atoms with Crippen LogP contribution in [-0.2, 0) is 35.1 Å². The van der Waals surface area contributed by atoms with Gasteiger partial charge in [0.1, 0.15) is 24.4 Å². The van der Waals surface area contributed by atoms with Gasteiger partial charge in [0.05, 0.1) is 26.2 Å². The molecule has 2 aliphatic heterocycles. The Balaban J connectivity index is 1.47. The monoisotopic (exact) mass is 580 g/mol. The molecule has 1 aromatic rings. The second-order valence-electron chi connectivity index (χ2n) is 15.6. The van der Waals surface area contributed by atoms with Gasteiger partial charge in [-0.25, -0.2) is 4.79 Å². The highest BCUT2D eigenvalue weighted by atomic mass is 28.3. The number of ketones is 1. The van der Waals surface area contributed by atoms with Crippen molar-refractivity contribution in [2.24, 2.45) is 34.5 Å². The third-order valence-corrected chi connectivity index (χ3v) is 13.5. The number of hydrogen-bond donors (Lipinski definition) is 0. The van der Waals surface area contributed by atoms with Crippen LogP contribution in [0.1, 0.15) is 53.0 Å². The molecule has 5 fully saturated rings. The van der Waals surface area contributed by atoms with Gasteiger partial charge < -0.3 is 23.7 Å². The molecule has 1 spiro atoms. The SMILES string of the molecule is CC1(C)O[C@H]2C3=C([Si](C)(C)C)C(=O)C[C@@H]3[C@H]3OC(=O)OC[C@]34[C@H](OCc3ccccc3)C[C@H]3[C@@H]([C@H]4[C@]2(C)O1)C3(C)C. The van der Waals surface area contributed by atoms with Gasteiger partial charge in [-0.1, -0.05) is 63.8 Å². The number of allylic oxidation sites excluding steroid dienone is 1. The molecular weight excluding hydrogens is 536 g/mol. The third-order valence-electron chi connectivity index (χ3n) is 11.4. The molecular formula is C33H44O7Si. The quantitative estimate of drug-likeness (QED) is 0.316. The van der Waals surface area contributed by atoms with E-state index in [9.17, 15) is 9.59 Å². The van der Waals surface area contributed by atoms with Crippen molar-refractivity contribution in [1.29, 1.82) is 0 Å². The summed E-state index contributed by atoms with van der Waals surface area (Å²) in [5, 5.41) is 0.935. The maximum Gasteiger partial charge on any atom is 0.508 e. The summed E-state index contributed by atoms with van der Waals surface area (Å²) in [6.07, 6.45) is -0.705. The number of fused-ring (bicyclic) bond motifs is 7. The average Bonchev–Trinajstić information content (AvgIpc) is 3.14. The molecule has 0 unspecified atom stereocenters. The topological polar surface area (TPSA) is 80.3 Å². The lowest BCUT2D eigenvalue weighted by Crippen LogP contribution is -2.67. The van der Waals surface area contributed by atoms with Crippen molar-refractivity contribution in [3.8, 4) is 0 Å². The summed E-state index contributed by atoms with van der Waals surface area (Å²) in [5.74, 6) is -0.266. The Kier molecular flexibility index (Phi) is 5.80. The normalized spacial score (nSPS) is 43.6. The Morgan fingerprint density at radius 2 is 1.73 bits per heavy atom. The lowest BCUT2D eigenvalue weighted by Gasteiger charge is -2.57. The van der Waals surface area contributed by atoms with Crippen molar-refractivity contribution in [2.45, 2.75) is 103 Å². The minimum absolute atomic E-state index is 0.0590. The van der Waals surface area contributed by atoms with E-state index in [4.69, 9.17) is 23.7 Å². The lowest BCUT2D eigenvalue weighted by molar-refractivity contribution is -0.261. The second kappa shape index (κ2) is 8.55. The zero-order valence-electron chi connectivity index (χ0n) is 25.6. The van der Waals surface area contributed by atoms with Crippen LogP contribution >= 0.6 is 0 Å². The minimum Gasteiger partial charge on any atom is -0.433 e. The molecule has 8 heteroatoms. The van der Waals surface area contributed by atoms with Gasteiger partial charge in [0.2, 0.25) is 0 Å². The van der Waals surface area contributed by atoms with Crippen molar-refractivity contribution < 1.29 is 33.3 Å². The number of Topliss-reactive ketones (excluding diaryl/α,β-unsaturated/α-hetero) is 1. The second-order valence-corrected chi connectivity index (χ2v) is 20.6. The molecule has 0 bridgehead atoms. The molecule has 0 radical (unpaired) electrons. The first-order chi connectivity index (χ1) is 19.1. The number of carbonyl (C=O) groups is 2. The standard InChI is InChI=1S/C33H44O7Si/c1-30(2)20-15-22(36-16-18-12-10-9-11-13-18)33-17-37-29(35)38-27(33)19-14-21(34)25(41(6,7)8)23(19)28-32(5,26(33)24(20)30)40-31(3,4)39-28/h9-13,19-20,22,24,26-28H,14-17H2,1-8H3/t19-,20-,22+,24-,26-,27+,28-,32-,33+/m0/s1. The number of rotatable bonds is 4. The van der Waals surface area contributed by atoms with E-state index >= 15 is 0 Å². The van der Waals surface area contributed by atoms with E-state index in [2.05, 4.69) is 52.5 Å². The van der Waals surface area contributed by atoms with E-state index in [1.807, 2.05) is 32.0 Å². The van der Waals surface area contributed by atoms with E-state index in [0.717, 1.165) is 22.8 Å². The molecule has 0 N–H and O–H groups in total. The van der Waals surface area contributed by atoms with E-state index in [1.165, 1.54) is 0 Å². The number of hydrogen-bond acceptors (Lipinski definition) is 7. The number of carbonyl (C=O) groups excluding carboxylic acids is 2. The number of cyclic esters (lactones) is 1. The van der Waals surface area contributed by atoms with Crippen molar-refractivity contribution >= 4 is 20.0 Å². The molecule has 7 nitrogen and oxygen atoms in total. The molecule has 7 rings (SSSR count). The van der Waals surface area contributed by atoms with Crippen LogP contribution in [0.15, 0.2) is 41.1 Å². The van der Waals surface area contributed by atoms with Gasteiger partial charge in [-0.3, -0.25) is 4.79 Å². The van der Waals surface area contributed by atoms with Gasteiger partial charge in [0, 0.05) is 18.3 Å². The Morgan fingerprint density at radius 1 is 1.02 bits per heavy atom. The summed E-state index contributed by atoms with van der Waals surface area (Å²) in [5.41, 5.74) is 0.715. The Morgan fingerprint density at radius 3 is 2.41 bits per heavy atom. The molecule has 222 valence electrons. The van der Waals surface area contributed by atoms with E-state index in [-0.39, 0.29) is 35.7 Å². The van der Waals surface area contributed by atoms with Crippen LogP contribution in [0.5, 0.6) is 0 Å². The van der Waals surface area contributed by atoms with Gasteiger partial charge in [-0.05, 0) is 60.8 Å². The fourth-order valence-corrected chi connectivity index (χ4v) is 12.2. The fourth-order valence-electron chi connectivity index (χ4n) is 10.1. The van der Waals surface area contributed by atoms with Gasteiger partial charge in [0.25, 0.3) is 0 Å². The summed E-state index contributed by atoms with van der Waals surface area (Å²) in [6, 6.07) is 10.2. The molecule has 2 heterocycles. The molecule has 1 aromatic carbocycles. The van der Waals surface area contributed by atoms with Crippen LogP contribution in [-0.4, -0.2) is 56.3 Å². The maximum absolute atomic E-state index is 13.9. The molecule has 0 aromatic heterocycles. The first kappa shape index (κ1) is 27.8. The highest BCUT2D eigenvalue weighted by molar-refractivity contribution is 6.87. The molecule has 6 aliphatic rings. The minimum atomic E-state index is -2.10. The smallest absolute Gasteiger partial charge is 0.433 e. The lowest BCUT2D eigenvalue weighted by atomic mass is 9.55. The molecule has 3 saturated carbocycles. The highest BCUT2D eigenvalue weighted by Crippen LogP contribution is 2.77. The Bertz CT molecular complexity index is 1330. The van der Waals surface area contributed by atoms with Crippen molar-refractivity contribution in [3.05, 3.63) is 46.7 Å². The van der Waals surface area contributed by atoms with Crippen LogP contribution in [0, 0.1) is 34.5 Å². The van der Waals surface area contributed by atoms with E-state index in [1.54, 1.807) is 0 Å². The Labute approximate surface area is 244 Å². The van der Waals surface area contributed by atoms with Crippen molar-refractivity contribution in [2.75, 3.05) is 6.61 Å². The third kappa shape index (κ3) is 3.79. The summed E-state index contributed by atoms with van der Waals surface area (Å²) in [6.45, 7) is 18.2. The predicted molar refractivity (Wildman–Crippen MR) is 154 cm³/mol. The van der Waals surface area contributed by atoms with Crippen molar-refractivity contribution in [3.63, 3.8) is 0 Å². The molecule has 4 aliphatic carbocycles. The molecule has 2 saturated heterocycles. The van der Waals surface area contributed by atoms with Gasteiger partial charge in [-0.15, -0.1) is 0 Å². The summed E-state index contributed by atoms with van der Waals surface area (Å²) >= 11 is 0. The summed E-state index contributed by atoms with van der Waals surface area (Å²) in [4.78, 5) is 26.9. The zero-order chi connectivity index (χ0) is 29.3. The van der Waals surface area contributed by atoms with Gasteiger partial charge in [0.15, 0.2) is 11.6 Å². The average molecular weight is 581 g/mol. The van der Waals surface area contributed by atoms with E-state index in [0.29, 0.717) is 24.9 Å². The zero-order valence-corrected chi connectivity index (χ0v) is 26.6. The largest absolute Gasteiger partial charge is 0.508 e. The molecule has 9 atom stereocenters. The van der Waals surface area contributed by atoms with Gasteiger partial charge >= 0.3 is 6.16 Å². The summed E-state index contributed by atoms with van der Waals surface area (Å²) in [7, 11) is -2.10. The number of benzene rings is 1. The molecule has 0 amide bonds. The van der Waals surface area contributed by atoms with Crippen LogP contribution in [0.2, 0.25) is 19.6 Å². The Hall–Kier alpha value is -2.00. The van der Waals surface area contributed by atoms with Crippen LogP contribution < -0.4 is 0 Å². The number of ether oxygens (including phenoxy) is 5. The highest BCUT2D eigenvalue weighted by Gasteiger charge is 2.82. The fraction of sp³-hybridized carbons (Fsp3) is 0.697. The van der Waals surface area contributed by atoms with Crippen LogP contribution in [0.3, 0.4) is 0 Å². The van der Waals surface area contributed by atoms with Crippen molar-refractivity contribution in [1.82, 2.24) is 0 Å². The first-order valence-electron chi connectivity index (χ1n) is 15.3. The van der Waals surface area contributed by atoms with E-state index < -0.39 is 43.2 Å². The first-order valence-corrected chi connectivity index (χ1v) is 18.8. The van der Waals surface area contributed by atoms with Crippen LogP contribution in [0.25, 0.3) is 0 Å². The van der Waals surface area contributed by atoms with Crippen LogP contribution in [0.4, 0.5) is 4.79 Å². The molecule has 41 heavy (non-hydrogen) atoms. The predicted octanol–water partition coefficient (Wildman–Crippen LogP) is 6.07. The van der Waals surface area contributed by atoms with Gasteiger partial charge in [-0.2, -0.15) is 0 Å². The summed E-state index contributed by atoms with van der Waals surface area (Å²) < 4.78 is 33.0. The maximum atomic E-state index is 13.9.